The predicted molar refractivity (Wildman–Crippen MR) is 59.8 cm³/mol. The number of hydrogen-bond donors (Lipinski definition) is 0. The van der Waals surface area contributed by atoms with Crippen molar-refractivity contribution in [1.82, 2.24) is 9.78 Å². The Morgan fingerprint density at radius 2 is 2.28 bits per heavy atom. The summed E-state index contributed by atoms with van der Waals surface area (Å²) in [6.45, 7) is 0.0291. The molecule has 6 nitrogen and oxygen atoms in total. The summed E-state index contributed by atoms with van der Waals surface area (Å²) in [6, 6.07) is 3.93. The van der Waals surface area contributed by atoms with Crippen molar-refractivity contribution in [1.29, 1.82) is 0 Å². The molecule has 0 saturated carbocycles. The van der Waals surface area contributed by atoms with Crippen LogP contribution >= 0.6 is 0 Å². The molecule has 0 N–H and O–H groups in total. The van der Waals surface area contributed by atoms with Crippen molar-refractivity contribution in [3.8, 4) is 0 Å². The first-order valence-corrected chi connectivity index (χ1v) is 5.01. The van der Waals surface area contributed by atoms with Crippen LogP contribution in [-0.2, 0) is 6.54 Å². The number of aldehydes is 1. The maximum absolute atomic E-state index is 13.7. The molecule has 0 aliphatic carbocycles. The van der Waals surface area contributed by atoms with Crippen molar-refractivity contribution in [3.63, 3.8) is 0 Å². The molecule has 0 amide bonds. The maximum Gasteiger partial charge on any atom is 0.305 e. The molecule has 7 heteroatoms. The number of carbonyl (C=O) groups is 1. The lowest BCUT2D eigenvalue weighted by Gasteiger charge is -2.03. The average molecular weight is 249 g/mol. The summed E-state index contributed by atoms with van der Waals surface area (Å²) in [4.78, 5) is 20.3. The van der Waals surface area contributed by atoms with Crippen molar-refractivity contribution in [3.05, 3.63) is 57.7 Å². The normalized spacial score (nSPS) is 10.3. The van der Waals surface area contributed by atoms with Gasteiger partial charge in [0.05, 0.1) is 23.2 Å². The monoisotopic (exact) mass is 249 g/mol. The van der Waals surface area contributed by atoms with Crippen LogP contribution in [-0.4, -0.2) is 21.0 Å². The lowest BCUT2D eigenvalue weighted by molar-refractivity contribution is -0.387. The van der Waals surface area contributed by atoms with Crippen LogP contribution in [0, 0.1) is 15.9 Å². The largest absolute Gasteiger partial charge is 0.305 e. The number of nitro benzene ring substituents is 1. The lowest BCUT2D eigenvalue weighted by atomic mass is 10.2. The van der Waals surface area contributed by atoms with Gasteiger partial charge in [0.15, 0.2) is 6.29 Å². The van der Waals surface area contributed by atoms with Gasteiger partial charge in [0.2, 0.25) is 5.82 Å². The fourth-order valence-corrected chi connectivity index (χ4v) is 1.53. The second kappa shape index (κ2) is 4.74. The van der Waals surface area contributed by atoms with E-state index in [0.717, 1.165) is 6.07 Å². The molecule has 0 spiro atoms. The van der Waals surface area contributed by atoms with Crippen molar-refractivity contribution in [2.75, 3.05) is 0 Å². The minimum atomic E-state index is -0.884. The van der Waals surface area contributed by atoms with Crippen LogP contribution in [0.25, 0.3) is 0 Å². The number of benzene rings is 1. The number of aromatic nitrogens is 2. The molecule has 2 rings (SSSR count). The van der Waals surface area contributed by atoms with Gasteiger partial charge in [-0.2, -0.15) is 9.49 Å². The van der Waals surface area contributed by atoms with E-state index in [1.54, 1.807) is 0 Å². The van der Waals surface area contributed by atoms with Crippen LogP contribution in [0.5, 0.6) is 0 Å². The summed E-state index contributed by atoms with van der Waals surface area (Å²) in [5, 5.41) is 14.4. The van der Waals surface area contributed by atoms with E-state index < -0.39 is 16.4 Å². The number of hydrogen-bond acceptors (Lipinski definition) is 4. The fraction of sp³-hybridized carbons (Fsp3) is 0.0909. The lowest BCUT2D eigenvalue weighted by Crippen LogP contribution is -2.04. The van der Waals surface area contributed by atoms with Gasteiger partial charge in [-0.25, -0.2) is 0 Å². The van der Waals surface area contributed by atoms with E-state index in [0.29, 0.717) is 11.8 Å². The molecule has 0 radical (unpaired) electrons. The first kappa shape index (κ1) is 11.9. The number of nitro groups is 1. The quantitative estimate of drug-likeness (QED) is 0.470. The highest BCUT2D eigenvalue weighted by atomic mass is 19.1. The molecule has 1 aromatic heterocycles. The van der Waals surface area contributed by atoms with Crippen molar-refractivity contribution < 1.29 is 14.1 Å². The van der Waals surface area contributed by atoms with Gasteiger partial charge in [-0.15, -0.1) is 0 Å². The minimum Gasteiger partial charge on any atom is -0.298 e. The Morgan fingerprint density at radius 3 is 2.89 bits per heavy atom. The average Bonchev–Trinajstić information content (AvgIpc) is 2.79. The summed E-state index contributed by atoms with van der Waals surface area (Å²) < 4.78 is 15.1. The van der Waals surface area contributed by atoms with Gasteiger partial charge < -0.3 is 0 Å². The Hall–Kier alpha value is -2.57. The summed E-state index contributed by atoms with van der Waals surface area (Å²) in [7, 11) is 0. The van der Waals surface area contributed by atoms with E-state index in [-0.39, 0.29) is 12.1 Å². The molecule has 0 saturated heterocycles. The Bertz CT molecular complexity index is 609. The molecule has 0 bridgehead atoms. The van der Waals surface area contributed by atoms with Crippen molar-refractivity contribution in [2.24, 2.45) is 0 Å². The van der Waals surface area contributed by atoms with Crippen molar-refractivity contribution in [2.45, 2.75) is 6.54 Å². The van der Waals surface area contributed by atoms with E-state index in [2.05, 4.69) is 5.10 Å². The van der Waals surface area contributed by atoms with E-state index in [1.807, 2.05) is 0 Å². The summed E-state index contributed by atoms with van der Waals surface area (Å²) in [5.41, 5.74) is -0.0687. The minimum absolute atomic E-state index is 0.0291. The molecular weight excluding hydrogens is 241 g/mol. The molecule has 0 fully saturated rings. The highest BCUT2D eigenvalue weighted by Crippen LogP contribution is 2.20. The van der Waals surface area contributed by atoms with Crippen LogP contribution in [0.15, 0.2) is 30.6 Å². The molecule has 0 aliphatic rings. The molecule has 1 aromatic carbocycles. The van der Waals surface area contributed by atoms with Crippen LogP contribution in [0.4, 0.5) is 10.1 Å². The van der Waals surface area contributed by atoms with Gasteiger partial charge in [0.25, 0.3) is 0 Å². The Balaban J connectivity index is 2.31. The first-order chi connectivity index (χ1) is 8.61. The van der Waals surface area contributed by atoms with Gasteiger partial charge in [-0.1, -0.05) is 12.1 Å². The zero-order chi connectivity index (χ0) is 13.1. The SMILES string of the molecule is O=Cc1cnn(Cc2cccc([N+](=O)[O-])c2F)c1. The standard InChI is InChI=1S/C11H8FN3O3/c12-11-9(2-1-3-10(11)15(17)18)6-14-5-8(7-16)4-13-14/h1-5,7H,6H2. The Labute approximate surface area is 101 Å². The maximum atomic E-state index is 13.7. The molecule has 0 unspecified atom stereocenters. The van der Waals surface area contributed by atoms with Gasteiger partial charge >= 0.3 is 5.69 Å². The number of carbonyl (C=O) groups excluding carboxylic acids is 1. The summed E-state index contributed by atoms with van der Waals surface area (Å²) >= 11 is 0. The second-order valence-electron chi connectivity index (χ2n) is 3.60. The van der Waals surface area contributed by atoms with Crippen LogP contribution in [0.1, 0.15) is 15.9 Å². The smallest absolute Gasteiger partial charge is 0.298 e. The van der Waals surface area contributed by atoms with Gasteiger partial charge in [-0.3, -0.25) is 19.6 Å². The van der Waals surface area contributed by atoms with Crippen LogP contribution in [0.2, 0.25) is 0 Å². The highest BCUT2D eigenvalue weighted by Gasteiger charge is 2.17. The topological polar surface area (TPSA) is 78.0 Å². The zero-order valence-electron chi connectivity index (χ0n) is 9.12. The van der Waals surface area contributed by atoms with E-state index in [1.165, 1.54) is 29.2 Å². The Morgan fingerprint density at radius 1 is 1.50 bits per heavy atom. The van der Waals surface area contributed by atoms with Gasteiger partial charge in [0, 0.05) is 17.8 Å². The molecule has 0 aliphatic heterocycles. The highest BCUT2D eigenvalue weighted by molar-refractivity contribution is 5.73. The molecule has 18 heavy (non-hydrogen) atoms. The molecule has 1 heterocycles. The number of nitrogens with zero attached hydrogens (tertiary/aromatic N) is 3. The fourth-order valence-electron chi connectivity index (χ4n) is 1.53. The molecule has 92 valence electrons. The molecule has 0 atom stereocenters. The third kappa shape index (κ3) is 2.24. The molecular formula is C11H8FN3O3. The van der Waals surface area contributed by atoms with Crippen molar-refractivity contribution >= 4 is 12.0 Å². The zero-order valence-corrected chi connectivity index (χ0v) is 9.12. The van der Waals surface area contributed by atoms with E-state index >= 15 is 0 Å². The summed E-state index contributed by atoms with van der Waals surface area (Å²) in [6.07, 6.45) is 3.39. The van der Waals surface area contributed by atoms with E-state index in [9.17, 15) is 19.3 Å². The molecule has 2 aromatic rings. The van der Waals surface area contributed by atoms with Crippen LogP contribution < -0.4 is 0 Å². The van der Waals surface area contributed by atoms with E-state index in [4.69, 9.17) is 0 Å². The third-order valence-electron chi connectivity index (χ3n) is 2.38. The van der Waals surface area contributed by atoms with Gasteiger partial charge in [-0.05, 0) is 0 Å². The number of halogens is 1. The summed E-state index contributed by atoms with van der Waals surface area (Å²) in [5.74, 6) is -0.884. The Kier molecular flexibility index (Phi) is 3.13. The first-order valence-electron chi connectivity index (χ1n) is 5.01. The third-order valence-corrected chi connectivity index (χ3v) is 2.38. The predicted octanol–water partition coefficient (Wildman–Crippen LogP) is 1.79. The number of rotatable bonds is 4. The van der Waals surface area contributed by atoms with Crippen LogP contribution in [0.3, 0.4) is 0 Å². The van der Waals surface area contributed by atoms with Gasteiger partial charge in [0.1, 0.15) is 0 Å². The second-order valence-corrected chi connectivity index (χ2v) is 3.60.